The summed E-state index contributed by atoms with van der Waals surface area (Å²) in [4.78, 5) is 0. The highest BCUT2D eigenvalue weighted by Crippen LogP contribution is 2.40. The summed E-state index contributed by atoms with van der Waals surface area (Å²) in [7, 11) is 0. The van der Waals surface area contributed by atoms with Crippen LogP contribution < -0.4 is 0 Å². The van der Waals surface area contributed by atoms with Crippen LogP contribution in [0.15, 0.2) is 5.57 Å². The molecule has 1 radical (unpaired) electrons. The molecule has 0 aromatic heterocycles. The largest absolute Gasteiger partial charge is 0.0662 e. The predicted molar refractivity (Wildman–Crippen MR) is 28.7 cm³/mol. The van der Waals surface area contributed by atoms with Crippen molar-refractivity contribution in [2.45, 2.75) is 25.7 Å². The smallest absolute Gasteiger partial charge is 0.0274 e. The van der Waals surface area contributed by atoms with Crippen molar-refractivity contribution in [3.63, 3.8) is 0 Å². The van der Waals surface area contributed by atoms with Crippen LogP contribution >= 0.6 is 0 Å². The number of allylic oxidation sites excluding steroid dienone is 2. The van der Waals surface area contributed by atoms with Crippen LogP contribution in [0.2, 0.25) is 0 Å². The fourth-order valence-corrected chi connectivity index (χ4v) is 1.44. The standard InChI is InChI=1S/C7H9/c1-2-6-4-7(3-1)5-6/h6H,1-2,4-5H2. The van der Waals surface area contributed by atoms with Gasteiger partial charge in [-0.15, -0.1) is 0 Å². The van der Waals surface area contributed by atoms with E-state index < -0.39 is 0 Å². The fourth-order valence-electron chi connectivity index (χ4n) is 1.44. The Morgan fingerprint density at radius 1 is 1.43 bits per heavy atom. The summed E-state index contributed by atoms with van der Waals surface area (Å²) < 4.78 is 0. The first-order valence-electron chi connectivity index (χ1n) is 3.04. The molecule has 0 aromatic carbocycles. The van der Waals surface area contributed by atoms with Gasteiger partial charge in [-0.3, -0.25) is 0 Å². The molecule has 2 bridgehead atoms. The Morgan fingerprint density at radius 3 is 2.43 bits per heavy atom. The Morgan fingerprint density at radius 2 is 2.29 bits per heavy atom. The molecule has 0 aliphatic heterocycles. The van der Waals surface area contributed by atoms with Crippen LogP contribution in [-0.2, 0) is 0 Å². The highest BCUT2D eigenvalue weighted by Gasteiger charge is 2.25. The molecule has 0 heterocycles. The summed E-state index contributed by atoms with van der Waals surface area (Å²) in [5.41, 5.74) is 1.61. The van der Waals surface area contributed by atoms with E-state index >= 15 is 0 Å². The third-order valence-electron chi connectivity index (χ3n) is 2.00. The van der Waals surface area contributed by atoms with Crippen molar-refractivity contribution in [2.24, 2.45) is 5.92 Å². The molecule has 0 unspecified atom stereocenters. The fraction of sp³-hybridized carbons (Fsp3) is 0.714. The summed E-state index contributed by atoms with van der Waals surface area (Å²) in [5.74, 6) is 1.08. The van der Waals surface area contributed by atoms with Gasteiger partial charge in [-0.2, -0.15) is 0 Å². The molecule has 7 heavy (non-hydrogen) atoms. The Labute approximate surface area is 44.2 Å². The van der Waals surface area contributed by atoms with E-state index in [1.165, 1.54) is 25.7 Å². The van der Waals surface area contributed by atoms with Gasteiger partial charge in [-0.25, -0.2) is 0 Å². The van der Waals surface area contributed by atoms with Gasteiger partial charge in [0.05, 0.1) is 0 Å². The Hall–Kier alpha value is -0.260. The SMILES string of the molecule is [C]1=C2CC(CC1)C2. The van der Waals surface area contributed by atoms with Crippen molar-refractivity contribution in [1.82, 2.24) is 0 Å². The van der Waals surface area contributed by atoms with Gasteiger partial charge in [0.15, 0.2) is 0 Å². The molecule has 0 aromatic rings. The maximum absolute atomic E-state index is 3.36. The first-order valence-corrected chi connectivity index (χ1v) is 3.04. The minimum atomic E-state index is 1.08. The van der Waals surface area contributed by atoms with Gasteiger partial charge in [0.1, 0.15) is 0 Å². The number of fused-ring (bicyclic) bond motifs is 2. The lowest BCUT2D eigenvalue weighted by Crippen LogP contribution is -2.18. The monoisotopic (exact) mass is 93.1 g/mol. The van der Waals surface area contributed by atoms with Crippen LogP contribution in [0.4, 0.5) is 0 Å². The lowest BCUT2D eigenvalue weighted by atomic mass is 9.73. The maximum atomic E-state index is 3.36. The number of rotatable bonds is 0. The average molecular weight is 93.1 g/mol. The van der Waals surface area contributed by atoms with Crippen LogP contribution in [0.3, 0.4) is 0 Å². The van der Waals surface area contributed by atoms with Gasteiger partial charge in [0.25, 0.3) is 0 Å². The lowest BCUT2D eigenvalue weighted by Gasteiger charge is -2.32. The molecule has 0 nitrogen and oxygen atoms in total. The zero-order chi connectivity index (χ0) is 4.69. The zero-order valence-electron chi connectivity index (χ0n) is 4.41. The highest BCUT2D eigenvalue weighted by molar-refractivity contribution is 5.12. The van der Waals surface area contributed by atoms with Crippen molar-refractivity contribution < 1.29 is 0 Å². The van der Waals surface area contributed by atoms with E-state index in [0.717, 1.165) is 5.92 Å². The van der Waals surface area contributed by atoms with Crippen LogP contribution in [0.5, 0.6) is 0 Å². The first-order chi connectivity index (χ1) is 3.45. The van der Waals surface area contributed by atoms with Crippen LogP contribution in [0, 0.1) is 12.0 Å². The van der Waals surface area contributed by atoms with Gasteiger partial charge in [0.2, 0.25) is 0 Å². The summed E-state index contributed by atoms with van der Waals surface area (Å²) >= 11 is 0. The number of hydrogen-bond acceptors (Lipinski definition) is 0. The highest BCUT2D eigenvalue weighted by atomic mass is 14.3. The van der Waals surface area contributed by atoms with E-state index in [9.17, 15) is 0 Å². The molecular weight excluding hydrogens is 84.1 g/mol. The van der Waals surface area contributed by atoms with E-state index in [0.29, 0.717) is 0 Å². The predicted octanol–water partition coefficient (Wildman–Crippen LogP) is 1.92. The molecule has 0 saturated heterocycles. The van der Waals surface area contributed by atoms with Gasteiger partial charge in [0, 0.05) is 0 Å². The van der Waals surface area contributed by atoms with Crippen molar-refractivity contribution in [1.29, 1.82) is 0 Å². The third kappa shape index (κ3) is 0.425. The van der Waals surface area contributed by atoms with Crippen molar-refractivity contribution in [2.75, 3.05) is 0 Å². The maximum Gasteiger partial charge on any atom is -0.0274 e. The topological polar surface area (TPSA) is 0 Å². The average Bonchev–Trinajstić information content (AvgIpc) is 1.67. The molecule has 3 aliphatic carbocycles. The van der Waals surface area contributed by atoms with Crippen LogP contribution in [0.1, 0.15) is 25.7 Å². The van der Waals surface area contributed by atoms with Crippen molar-refractivity contribution >= 4 is 0 Å². The van der Waals surface area contributed by atoms with Gasteiger partial charge >= 0.3 is 0 Å². The van der Waals surface area contributed by atoms with E-state index in [1.54, 1.807) is 5.57 Å². The third-order valence-corrected chi connectivity index (χ3v) is 2.00. The normalized spacial score (nSPS) is 28.9. The Bertz CT molecular complexity index is 103. The second-order valence-corrected chi connectivity index (χ2v) is 2.59. The Balaban J connectivity index is 2.23. The van der Waals surface area contributed by atoms with E-state index in [-0.39, 0.29) is 0 Å². The minimum Gasteiger partial charge on any atom is -0.0662 e. The zero-order valence-corrected chi connectivity index (χ0v) is 4.41. The minimum absolute atomic E-state index is 1.08. The van der Waals surface area contributed by atoms with Crippen molar-refractivity contribution in [3.05, 3.63) is 11.6 Å². The van der Waals surface area contributed by atoms with E-state index in [1.807, 2.05) is 0 Å². The quantitative estimate of drug-likeness (QED) is 0.429. The van der Waals surface area contributed by atoms with Gasteiger partial charge < -0.3 is 0 Å². The second-order valence-electron chi connectivity index (χ2n) is 2.59. The van der Waals surface area contributed by atoms with Crippen LogP contribution in [-0.4, -0.2) is 0 Å². The molecule has 3 rings (SSSR count). The van der Waals surface area contributed by atoms with Crippen molar-refractivity contribution in [3.8, 4) is 0 Å². The van der Waals surface area contributed by atoms with E-state index in [2.05, 4.69) is 6.08 Å². The second kappa shape index (κ2) is 1.12. The molecular formula is C7H9. The molecule has 0 spiro atoms. The molecule has 1 fully saturated rings. The molecule has 37 valence electrons. The number of hydrogen-bond donors (Lipinski definition) is 0. The first kappa shape index (κ1) is 3.71. The molecule has 0 amide bonds. The molecule has 3 aliphatic rings. The molecule has 0 heteroatoms. The van der Waals surface area contributed by atoms with E-state index in [4.69, 9.17) is 0 Å². The van der Waals surface area contributed by atoms with Crippen LogP contribution in [0.25, 0.3) is 0 Å². The molecule has 1 saturated carbocycles. The summed E-state index contributed by atoms with van der Waals surface area (Å²) in [6, 6.07) is 0. The molecule has 0 atom stereocenters. The van der Waals surface area contributed by atoms with Gasteiger partial charge in [-0.05, 0) is 37.7 Å². The lowest BCUT2D eigenvalue weighted by molar-refractivity contribution is 0.358. The summed E-state index contributed by atoms with van der Waals surface area (Å²) in [6.45, 7) is 0. The molecule has 0 N–H and O–H groups in total. The summed E-state index contributed by atoms with van der Waals surface area (Å²) in [5, 5.41) is 0. The Kier molecular flexibility index (Phi) is 0.592. The van der Waals surface area contributed by atoms with Gasteiger partial charge in [-0.1, -0.05) is 5.57 Å². The summed E-state index contributed by atoms with van der Waals surface area (Å²) in [6.07, 6.45) is 8.81.